The van der Waals surface area contributed by atoms with Gasteiger partial charge < -0.3 is 25.0 Å². The number of amides is 3. The number of hydrogen-bond donors (Lipinski definition) is 2. The summed E-state index contributed by atoms with van der Waals surface area (Å²) >= 11 is 0. The Morgan fingerprint density at radius 1 is 1.16 bits per heavy atom. The first-order chi connectivity index (χ1) is 17.6. The highest BCUT2D eigenvalue weighted by atomic mass is 16.6. The summed E-state index contributed by atoms with van der Waals surface area (Å²) in [6, 6.07) is 13.1. The predicted molar refractivity (Wildman–Crippen MR) is 141 cm³/mol. The molecule has 1 aliphatic rings. The maximum absolute atomic E-state index is 13.0. The highest BCUT2D eigenvalue weighted by Gasteiger charge is 2.28. The Bertz CT molecular complexity index is 1080. The van der Waals surface area contributed by atoms with E-state index in [1.54, 1.807) is 11.0 Å². The molecule has 0 saturated carbocycles. The number of pyridine rings is 1. The van der Waals surface area contributed by atoms with Crippen molar-refractivity contribution >= 4 is 17.9 Å². The number of aromatic nitrogens is 1. The normalized spacial score (nSPS) is 16.6. The van der Waals surface area contributed by atoms with Crippen LogP contribution in [0.25, 0.3) is 0 Å². The molecular formula is C28H38N4O5. The molecule has 1 aromatic carbocycles. The molecule has 1 aliphatic heterocycles. The first-order valence-electron chi connectivity index (χ1n) is 12.7. The summed E-state index contributed by atoms with van der Waals surface area (Å²) in [5.74, 6) is -0.706. The second-order valence-corrected chi connectivity index (χ2v) is 10.2. The van der Waals surface area contributed by atoms with Gasteiger partial charge in [-0.15, -0.1) is 0 Å². The first kappa shape index (κ1) is 28.1. The lowest BCUT2D eigenvalue weighted by molar-refractivity contribution is -0.0449. The van der Waals surface area contributed by atoms with Crippen molar-refractivity contribution in [3.63, 3.8) is 0 Å². The van der Waals surface area contributed by atoms with Crippen molar-refractivity contribution in [2.45, 2.75) is 58.2 Å². The van der Waals surface area contributed by atoms with Gasteiger partial charge in [-0.05, 0) is 51.3 Å². The lowest BCUT2D eigenvalue weighted by Crippen LogP contribution is -2.47. The van der Waals surface area contributed by atoms with Crippen molar-refractivity contribution in [2.24, 2.45) is 0 Å². The fourth-order valence-corrected chi connectivity index (χ4v) is 4.08. The molecule has 2 aromatic rings. The van der Waals surface area contributed by atoms with Gasteiger partial charge in [0.1, 0.15) is 11.3 Å². The third kappa shape index (κ3) is 8.28. The molecule has 1 unspecified atom stereocenters. The summed E-state index contributed by atoms with van der Waals surface area (Å²) in [7, 11) is 1.54. The fourth-order valence-electron chi connectivity index (χ4n) is 4.08. The summed E-state index contributed by atoms with van der Waals surface area (Å²) in [6.45, 7) is 9.39. The Morgan fingerprint density at radius 3 is 2.57 bits per heavy atom. The maximum Gasteiger partial charge on any atom is 0.410 e. The van der Waals surface area contributed by atoms with Crippen LogP contribution in [-0.2, 0) is 9.47 Å². The van der Waals surface area contributed by atoms with Crippen LogP contribution in [0.2, 0.25) is 0 Å². The molecule has 2 heterocycles. The van der Waals surface area contributed by atoms with Crippen molar-refractivity contribution in [1.29, 1.82) is 0 Å². The second-order valence-electron chi connectivity index (χ2n) is 10.2. The number of nitrogens with zero attached hydrogens (tertiary/aromatic N) is 2. The van der Waals surface area contributed by atoms with Gasteiger partial charge in [-0.25, -0.2) is 9.78 Å². The molecule has 1 aromatic heterocycles. The molecule has 2 N–H and O–H groups in total. The minimum absolute atomic E-state index is 0.0891. The number of rotatable bonds is 8. The lowest BCUT2D eigenvalue weighted by atomic mass is 9.96. The maximum atomic E-state index is 13.0. The van der Waals surface area contributed by atoms with Crippen molar-refractivity contribution < 1.29 is 23.9 Å². The van der Waals surface area contributed by atoms with E-state index in [9.17, 15) is 14.4 Å². The number of nitrogens with one attached hydrogen (secondary N) is 2. The van der Waals surface area contributed by atoms with Crippen LogP contribution in [0.15, 0.2) is 42.5 Å². The van der Waals surface area contributed by atoms with Gasteiger partial charge >= 0.3 is 6.09 Å². The van der Waals surface area contributed by atoms with Gasteiger partial charge in [0, 0.05) is 37.3 Å². The van der Waals surface area contributed by atoms with Gasteiger partial charge in [-0.2, -0.15) is 0 Å². The van der Waals surface area contributed by atoms with E-state index in [1.165, 1.54) is 13.1 Å². The highest BCUT2D eigenvalue weighted by molar-refractivity contribution is 5.98. The van der Waals surface area contributed by atoms with Gasteiger partial charge in [0.05, 0.1) is 19.3 Å². The Kier molecular flexibility index (Phi) is 9.63. The molecule has 0 spiro atoms. The predicted octanol–water partition coefficient (Wildman–Crippen LogP) is 3.74. The monoisotopic (exact) mass is 510 g/mol. The van der Waals surface area contributed by atoms with E-state index in [2.05, 4.69) is 15.6 Å². The van der Waals surface area contributed by atoms with Crippen LogP contribution in [-0.4, -0.2) is 72.8 Å². The fraction of sp³-hybridized carbons (Fsp3) is 0.500. The second kappa shape index (κ2) is 12.7. The zero-order valence-electron chi connectivity index (χ0n) is 22.4. The van der Waals surface area contributed by atoms with Crippen molar-refractivity contribution in [1.82, 2.24) is 20.5 Å². The van der Waals surface area contributed by atoms with Gasteiger partial charge in [0.2, 0.25) is 0 Å². The Hall–Kier alpha value is -3.46. The van der Waals surface area contributed by atoms with Gasteiger partial charge in [0.25, 0.3) is 11.8 Å². The quantitative estimate of drug-likeness (QED) is 0.524. The van der Waals surface area contributed by atoms with Crippen molar-refractivity contribution in [3.05, 3.63) is 65.0 Å². The molecular weight excluding hydrogens is 472 g/mol. The molecule has 3 amide bonds. The average molecular weight is 511 g/mol. The number of hydrogen-bond acceptors (Lipinski definition) is 6. The van der Waals surface area contributed by atoms with Crippen LogP contribution in [0.4, 0.5) is 4.79 Å². The number of ether oxygens (including phenoxy) is 2. The molecule has 0 aliphatic carbocycles. The third-order valence-electron chi connectivity index (χ3n) is 6.09. The van der Waals surface area contributed by atoms with Crippen LogP contribution in [0.3, 0.4) is 0 Å². The van der Waals surface area contributed by atoms with Crippen molar-refractivity contribution in [2.75, 3.05) is 33.3 Å². The molecule has 200 valence electrons. The molecule has 1 fully saturated rings. The van der Waals surface area contributed by atoms with Crippen LogP contribution >= 0.6 is 0 Å². The molecule has 9 heteroatoms. The topological polar surface area (TPSA) is 110 Å². The first-order valence-corrected chi connectivity index (χ1v) is 12.7. The SMILES string of the molecule is CNC(=O)c1cc(C(=O)NCCC[C@H]2CN(C(=O)OC(C)(C)C)CCO2)cc(C(C)c2ccccc2)n1. The molecule has 3 rings (SSSR count). The third-order valence-corrected chi connectivity index (χ3v) is 6.09. The van der Waals surface area contributed by atoms with Gasteiger partial charge in [0.15, 0.2) is 0 Å². The minimum Gasteiger partial charge on any atom is -0.444 e. The van der Waals surface area contributed by atoms with E-state index in [0.717, 1.165) is 5.56 Å². The Balaban J connectivity index is 1.58. The van der Waals surface area contributed by atoms with Crippen molar-refractivity contribution in [3.8, 4) is 0 Å². The van der Waals surface area contributed by atoms with Crippen LogP contribution in [0, 0.1) is 0 Å². The van der Waals surface area contributed by atoms with E-state index in [0.29, 0.717) is 50.3 Å². The molecule has 0 bridgehead atoms. The highest BCUT2D eigenvalue weighted by Crippen LogP contribution is 2.24. The Labute approximate surface area is 218 Å². The zero-order valence-corrected chi connectivity index (χ0v) is 22.4. The molecule has 9 nitrogen and oxygen atoms in total. The van der Waals surface area contributed by atoms with E-state index in [-0.39, 0.29) is 35.6 Å². The smallest absolute Gasteiger partial charge is 0.410 e. The van der Waals surface area contributed by atoms with Gasteiger partial charge in [-0.3, -0.25) is 9.59 Å². The largest absolute Gasteiger partial charge is 0.444 e. The van der Waals surface area contributed by atoms with Crippen LogP contribution < -0.4 is 10.6 Å². The van der Waals surface area contributed by atoms with E-state index < -0.39 is 5.60 Å². The number of benzene rings is 1. The lowest BCUT2D eigenvalue weighted by Gasteiger charge is -2.34. The number of carbonyl (C=O) groups excluding carboxylic acids is 3. The molecule has 37 heavy (non-hydrogen) atoms. The summed E-state index contributed by atoms with van der Waals surface area (Å²) in [4.78, 5) is 43.8. The summed E-state index contributed by atoms with van der Waals surface area (Å²) in [5, 5.41) is 5.52. The number of morpholine rings is 1. The zero-order chi connectivity index (χ0) is 27.0. The molecule has 2 atom stereocenters. The van der Waals surface area contributed by atoms with Crippen LogP contribution in [0.5, 0.6) is 0 Å². The standard InChI is InChI=1S/C28H38N4O5/c1-19(20-10-7-6-8-11-20)23-16-21(17-24(31-23)26(34)29-5)25(33)30-13-9-12-22-18-32(14-15-36-22)27(35)37-28(2,3)4/h6-8,10-11,16-17,19,22H,9,12-15,18H2,1-5H3,(H,29,34)(H,30,33)/t19?,22-/m0/s1. The molecule has 1 saturated heterocycles. The van der Waals surface area contributed by atoms with E-state index >= 15 is 0 Å². The van der Waals surface area contributed by atoms with Crippen LogP contribution in [0.1, 0.15) is 78.6 Å². The summed E-state index contributed by atoms with van der Waals surface area (Å²) < 4.78 is 11.3. The molecule has 0 radical (unpaired) electrons. The summed E-state index contributed by atoms with van der Waals surface area (Å²) in [6.07, 6.45) is 0.922. The minimum atomic E-state index is -0.543. The number of carbonyl (C=O) groups is 3. The Morgan fingerprint density at radius 2 is 1.89 bits per heavy atom. The van der Waals surface area contributed by atoms with E-state index in [4.69, 9.17) is 9.47 Å². The van der Waals surface area contributed by atoms with Gasteiger partial charge in [-0.1, -0.05) is 37.3 Å². The van der Waals surface area contributed by atoms with E-state index in [1.807, 2.05) is 58.0 Å². The average Bonchev–Trinajstić information content (AvgIpc) is 2.89. The summed E-state index contributed by atoms with van der Waals surface area (Å²) in [5.41, 5.74) is 1.74.